The molecule has 0 aliphatic carbocycles. The van der Waals surface area contributed by atoms with Crippen LogP contribution >= 0.6 is 0 Å². The summed E-state index contributed by atoms with van der Waals surface area (Å²) in [6.07, 6.45) is -1.34. The topological polar surface area (TPSA) is 105 Å². The van der Waals surface area contributed by atoms with Gasteiger partial charge < -0.3 is 33.6 Å². The van der Waals surface area contributed by atoms with Crippen molar-refractivity contribution in [3.63, 3.8) is 0 Å². The van der Waals surface area contributed by atoms with Gasteiger partial charge in [-0.3, -0.25) is 0 Å². The quantitative estimate of drug-likeness (QED) is 0.299. The lowest BCUT2D eigenvalue weighted by molar-refractivity contribution is -0.148. The molecular formula is C25H25NO8. The predicted octanol–water partition coefficient (Wildman–Crippen LogP) is 2.64. The van der Waals surface area contributed by atoms with E-state index in [0.29, 0.717) is 23.7 Å². The lowest BCUT2D eigenvalue weighted by Gasteiger charge is -2.17. The second kappa shape index (κ2) is 10.1. The molecule has 0 aromatic heterocycles. The van der Waals surface area contributed by atoms with Gasteiger partial charge in [0.1, 0.15) is 24.9 Å². The number of methoxy groups -OCH3 is 1. The third kappa shape index (κ3) is 5.48. The Balaban J connectivity index is 1.49. The van der Waals surface area contributed by atoms with Crippen molar-refractivity contribution < 1.29 is 38.4 Å². The molecule has 0 radical (unpaired) electrons. The Kier molecular flexibility index (Phi) is 7.03. The van der Waals surface area contributed by atoms with E-state index in [-0.39, 0.29) is 12.4 Å². The van der Waals surface area contributed by atoms with Crippen molar-refractivity contribution >= 4 is 12.2 Å². The lowest BCUT2D eigenvalue weighted by Crippen LogP contribution is -2.35. The molecule has 2 aromatic rings. The van der Waals surface area contributed by atoms with Crippen LogP contribution < -0.4 is 9.47 Å². The van der Waals surface area contributed by atoms with Crippen molar-refractivity contribution in [3.05, 3.63) is 59.2 Å². The van der Waals surface area contributed by atoms with Gasteiger partial charge in [-0.25, -0.2) is 4.79 Å². The van der Waals surface area contributed by atoms with Crippen LogP contribution in [0.3, 0.4) is 0 Å². The minimum atomic E-state index is -1.25. The number of benzene rings is 2. The van der Waals surface area contributed by atoms with Gasteiger partial charge in [0.05, 0.1) is 18.9 Å². The highest BCUT2D eigenvalue weighted by Gasteiger charge is 2.44. The fourth-order valence-corrected chi connectivity index (χ4v) is 3.52. The van der Waals surface area contributed by atoms with E-state index in [2.05, 4.69) is 17.0 Å². The van der Waals surface area contributed by atoms with E-state index < -0.39 is 30.1 Å². The molecule has 0 amide bonds. The molecule has 4 rings (SSSR count). The van der Waals surface area contributed by atoms with E-state index in [1.165, 1.54) is 19.4 Å². The SMILES string of the molecule is COC(=O)c1cc2c(cc1C#C[C@H](O)[C@H]1OC(C)(C)O[C@H]1/C=N/OCc1ccccc1)OCO2. The number of ether oxygens (including phenoxy) is 5. The largest absolute Gasteiger partial charge is 0.465 e. The van der Waals surface area contributed by atoms with Gasteiger partial charge in [-0.05, 0) is 25.5 Å². The molecule has 3 atom stereocenters. The maximum Gasteiger partial charge on any atom is 0.339 e. The van der Waals surface area contributed by atoms with Gasteiger partial charge in [0.15, 0.2) is 17.3 Å². The van der Waals surface area contributed by atoms with Crippen LogP contribution in [0.15, 0.2) is 47.6 Å². The average Bonchev–Trinajstić information content (AvgIpc) is 3.42. The van der Waals surface area contributed by atoms with E-state index in [0.717, 1.165) is 5.56 Å². The van der Waals surface area contributed by atoms with Gasteiger partial charge in [0.25, 0.3) is 0 Å². The second-order valence-corrected chi connectivity index (χ2v) is 8.04. The summed E-state index contributed by atoms with van der Waals surface area (Å²) in [5.74, 6) is 4.89. The summed E-state index contributed by atoms with van der Waals surface area (Å²) in [6, 6.07) is 12.7. The summed E-state index contributed by atoms with van der Waals surface area (Å²) in [4.78, 5) is 17.5. The molecule has 2 aliphatic rings. The Hall–Kier alpha value is -3.58. The van der Waals surface area contributed by atoms with Gasteiger partial charge in [0.2, 0.25) is 6.79 Å². The zero-order chi connectivity index (χ0) is 24.1. The fourth-order valence-electron chi connectivity index (χ4n) is 3.52. The van der Waals surface area contributed by atoms with Crippen molar-refractivity contribution in [1.82, 2.24) is 0 Å². The van der Waals surface area contributed by atoms with E-state index >= 15 is 0 Å². The van der Waals surface area contributed by atoms with Crippen molar-refractivity contribution in [2.45, 2.75) is 44.6 Å². The smallest absolute Gasteiger partial charge is 0.339 e. The maximum atomic E-state index is 12.2. The Labute approximate surface area is 197 Å². The van der Waals surface area contributed by atoms with Crippen molar-refractivity contribution in [2.75, 3.05) is 13.9 Å². The van der Waals surface area contributed by atoms with Crippen LogP contribution in [0, 0.1) is 11.8 Å². The number of aliphatic hydroxyl groups excluding tert-OH is 1. The van der Waals surface area contributed by atoms with Gasteiger partial charge in [-0.1, -0.05) is 47.3 Å². The molecule has 0 bridgehead atoms. The van der Waals surface area contributed by atoms with Crippen LogP contribution in [0.25, 0.3) is 0 Å². The van der Waals surface area contributed by atoms with Gasteiger partial charge in [0, 0.05) is 11.6 Å². The van der Waals surface area contributed by atoms with Crippen molar-refractivity contribution in [1.29, 1.82) is 0 Å². The van der Waals surface area contributed by atoms with E-state index in [4.69, 9.17) is 28.5 Å². The zero-order valence-electron chi connectivity index (χ0n) is 19.0. The van der Waals surface area contributed by atoms with E-state index in [1.807, 2.05) is 30.3 Å². The third-order valence-corrected chi connectivity index (χ3v) is 5.10. The summed E-state index contributed by atoms with van der Waals surface area (Å²) in [5.41, 5.74) is 1.49. The number of oxime groups is 1. The number of carbonyl (C=O) groups excluding carboxylic acids is 1. The van der Waals surface area contributed by atoms with Crippen LogP contribution in [-0.2, 0) is 25.7 Å². The Morgan fingerprint density at radius 2 is 1.97 bits per heavy atom. The van der Waals surface area contributed by atoms with Crippen LogP contribution in [0.2, 0.25) is 0 Å². The van der Waals surface area contributed by atoms with Crippen LogP contribution in [-0.4, -0.2) is 55.3 Å². The summed E-state index contributed by atoms with van der Waals surface area (Å²) in [7, 11) is 1.27. The van der Waals surface area contributed by atoms with E-state index in [9.17, 15) is 9.90 Å². The first-order valence-corrected chi connectivity index (χ1v) is 10.6. The van der Waals surface area contributed by atoms with Crippen molar-refractivity contribution in [2.24, 2.45) is 5.16 Å². The molecule has 0 saturated carbocycles. The molecule has 178 valence electrons. The molecule has 9 nitrogen and oxygen atoms in total. The highest BCUT2D eigenvalue weighted by Crippen LogP contribution is 2.35. The Morgan fingerprint density at radius 1 is 1.24 bits per heavy atom. The monoisotopic (exact) mass is 467 g/mol. The first kappa shape index (κ1) is 23.6. The minimum Gasteiger partial charge on any atom is -0.465 e. The van der Waals surface area contributed by atoms with Crippen LogP contribution in [0.1, 0.15) is 35.3 Å². The van der Waals surface area contributed by atoms with Crippen molar-refractivity contribution in [3.8, 4) is 23.3 Å². The molecule has 2 heterocycles. The highest BCUT2D eigenvalue weighted by atomic mass is 16.8. The molecule has 9 heteroatoms. The highest BCUT2D eigenvalue weighted by molar-refractivity contribution is 5.93. The maximum absolute atomic E-state index is 12.2. The number of carbonyl (C=O) groups is 1. The lowest BCUT2D eigenvalue weighted by atomic mass is 10.0. The molecule has 0 unspecified atom stereocenters. The fraction of sp³-hybridized carbons (Fsp3) is 0.360. The van der Waals surface area contributed by atoms with E-state index in [1.54, 1.807) is 19.9 Å². The number of aliphatic hydroxyl groups is 1. The number of fused-ring (bicyclic) bond motifs is 1. The molecule has 1 fully saturated rings. The number of esters is 1. The number of hydrogen-bond donors (Lipinski definition) is 1. The summed E-state index contributed by atoms with van der Waals surface area (Å²) in [5, 5.41) is 14.7. The summed E-state index contributed by atoms with van der Waals surface area (Å²) >= 11 is 0. The first-order chi connectivity index (χ1) is 16.4. The Bertz CT molecular complexity index is 1120. The van der Waals surface area contributed by atoms with Gasteiger partial charge in [-0.15, -0.1) is 0 Å². The number of rotatable bonds is 6. The Morgan fingerprint density at radius 3 is 2.71 bits per heavy atom. The molecule has 2 aliphatic heterocycles. The summed E-state index contributed by atoms with van der Waals surface area (Å²) < 4.78 is 27.2. The summed E-state index contributed by atoms with van der Waals surface area (Å²) in [6.45, 7) is 3.80. The molecule has 1 N–H and O–H groups in total. The molecular weight excluding hydrogens is 442 g/mol. The average molecular weight is 467 g/mol. The van der Waals surface area contributed by atoms with Gasteiger partial charge in [-0.2, -0.15) is 0 Å². The first-order valence-electron chi connectivity index (χ1n) is 10.6. The normalized spacial score (nSPS) is 21.1. The molecule has 2 aromatic carbocycles. The van der Waals surface area contributed by atoms with Crippen LogP contribution in [0.5, 0.6) is 11.5 Å². The predicted molar refractivity (Wildman–Crippen MR) is 120 cm³/mol. The number of nitrogens with zero attached hydrogens (tertiary/aromatic N) is 1. The minimum absolute atomic E-state index is 0.0468. The molecule has 0 spiro atoms. The van der Waals surface area contributed by atoms with Gasteiger partial charge >= 0.3 is 5.97 Å². The molecule has 34 heavy (non-hydrogen) atoms. The molecule has 1 saturated heterocycles. The third-order valence-electron chi connectivity index (χ3n) is 5.10. The zero-order valence-corrected chi connectivity index (χ0v) is 19.0. The number of hydrogen-bond acceptors (Lipinski definition) is 9. The van der Waals surface area contributed by atoms with Crippen LogP contribution in [0.4, 0.5) is 0 Å². The second-order valence-electron chi connectivity index (χ2n) is 8.04. The standard InChI is InChI=1S/C25H25NO8/c1-25(2)33-22(13-26-32-14-16-7-5-4-6-8-16)23(34-25)19(27)10-9-17-11-20-21(31-15-30-20)12-18(17)24(28)29-3/h4-8,11-13,19,22-23,27H,14-15H2,1-3H3/b26-13+/t19-,22-,23+/m0/s1.